The highest BCUT2D eigenvalue weighted by atomic mass is 32.1. The largest absolute Gasteiger partial charge is 0.467 e. The van der Waals surface area contributed by atoms with Crippen LogP contribution >= 0.6 is 11.5 Å². The standard InChI is InChI=1S/C15H14N2O3S/c18-14(16-10-11-4-3-9-20-11)7-8-17-15(19)12-5-1-2-6-13(12)21-17/h1-6,9H,7-8,10H2,(H,16,18). The Morgan fingerprint density at radius 1 is 1.24 bits per heavy atom. The average Bonchev–Trinajstić information content (AvgIpc) is 3.12. The number of aryl methyl sites for hydroxylation is 1. The maximum Gasteiger partial charge on any atom is 0.268 e. The van der Waals surface area contributed by atoms with Crippen LogP contribution in [0.3, 0.4) is 0 Å². The number of carbonyl (C=O) groups excluding carboxylic acids is 1. The molecule has 6 heteroatoms. The van der Waals surface area contributed by atoms with E-state index in [-0.39, 0.29) is 17.9 Å². The highest BCUT2D eigenvalue weighted by molar-refractivity contribution is 7.13. The number of aromatic nitrogens is 1. The van der Waals surface area contributed by atoms with Gasteiger partial charge in [-0.3, -0.25) is 13.5 Å². The first-order valence-electron chi connectivity index (χ1n) is 6.62. The number of hydrogen-bond donors (Lipinski definition) is 1. The van der Waals surface area contributed by atoms with Crippen LogP contribution < -0.4 is 10.9 Å². The molecule has 0 saturated heterocycles. The Labute approximate surface area is 125 Å². The van der Waals surface area contributed by atoms with Crippen LogP contribution in [-0.4, -0.2) is 9.86 Å². The summed E-state index contributed by atoms with van der Waals surface area (Å²) >= 11 is 1.39. The molecule has 0 bridgehead atoms. The highest BCUT2D eigenvalue weighted by Crippen LogP contribution is 2.15. The molecule has 0 spiro atoms. The molecule has 3 rings (SSSR count). The van der Waals surface area contributed by atoms with Gasteiger partial charge in [0.2, 0.25) is 5.91 Å². The number of carbonyl (C=O) groups is 1. The fourth-order valence-electron chi connectivity index (χ4n) is 2.05. The van der Waals surface area contributed by atoms with Crippen molar-refractivity contribution in [3.05, 3.63) is 58.8 Å². The molecule has 108 valence electrons. The van der Waals surface area contributed by atoms with Gasteiger partial charge >= 0.3 is 0 Å². The number of fused-ring (bicyclic) bond motifs is 1. The van der Waals surface area contributed by atoms with Crippen molar-refractivity contribution in [2.45, 2.75) is 19.5 Å². The van der Waals surface area contributed by atoms with E-state index < -0.39 is 0 Å². The zero-order valence-corrected chi connectivity index (χ0v) is 12.1. The predicted molar refractivity (Wildman–Crippen MR) is 81.3 cm³/mol. The second-order valence-electron chi connectivity index (χ2n) is 4.60. The highest BCUT2D eigenvalue weighted by Gasteiger charge is 2.09. The van der Waals surface area contributed by atoms with Crippen molar-refractivity contribution < 1.29 is 9.21 Å². The van der Waals surface area contributed by atoms with E-state index in [1.54, 1.807) is 22.4 Å². The van der Waals surface area contributed by atoms with Crippen LogP contribution in [0.25, 0.3) is 10.1 Å². The normalized spacial score (nSPS) is 10.9. The van der Waals surface area contributed by atoms with E-state index >= 15 is 0 Å². The van der Waals surface area contributed by atoms with E-state index in [2.05, 4.69) is 5.32 Å². The van der Waals surface area contributed by atoms with Crippen molar-refractivity contribution >= 4 is 27.5 Å². The lowest BCUT2D eigenvalue weighted by molar-refractivity contribution is -0.121. The minimum absolute atomic E-state index is 0.0329. The van der Waals surface area contributed by atoms with Crippen LogP contribution in [0.4, 0.5) is 0 Å². The predicted octanol–water partition coefficient (Wildman–Crippen LogP) is 2.36. The molecule has 0 fully saturated rings. The molecule has 0 aliphatic rings. The summed E-state index contributed by atoms with van der Waals surface area (Å²) in [4.78, 5) is 23.9. The quantitative estimate of drug-likeness (QED) is 0.787. The molecule has 0 unspecified atom stereocenters. The molecule has 3 aromatic rings. The fourth-order valence-corrected chi connectivity index (χ4v) is 3.05. The van der Waals surface area contributed by atoms with Gasteiger partial charge in [0.05, 0.1) is 22.9 Å². The Morgan fingerprint density at radius 3 is 2.86 bits per heavy atom. The average molecular weight is 302 g/mol. The summed E-state index contributed by atoms with van der Waals surface area (Å²) in [6, 6.07) is 11.0. The van der Waals surface area contributed by atoms with Gasteiger partial charge in [-0.2, -0.15) is 0 Å². The fraction of sp³-hybridized carbons (Fsp3) is 0.200. The van der Waals surface area contributed by atoms with Gasteiger partial charge in [0, 0.05) is 13.0 Å². The zero-order chi connectivity index (χ0) is 14.7. The van der Waals surface area contributed by atoms with Crippen LogP contribution in [0.5, 0.6) is 0 Å². The first-order valence-corrected chi connectivity index (χ1v) is 7.39. The number of amides is 1. The van der Waals surface area contributed by atoms with Gasteiger partial charge in [0.15, 0.2) is 0 Å². The zero-order valence-electron chi connectivity index (χ0n) is 11.2. The van der Waals surface area contributed by atoms with E-state index in [0.29, 0.717) is 24.2 Å². The van der Waals surface area contributed by atoms with Gasteiger partial charge in [-0.1, -0.05) is 23.7 Å². The van der Waals surface area contributed by atoms with Crippen LogP contribution in [0.15, 0.2) is 51.9 Å². The summed E-state index contributed by atoms with van der Waals surface area (Å²) in [5, 5.41) is 3.47. The number of furan rings is 1. The van der Waals surface area contributed by atoms with E-state index in [9.17, 15) is 9.59 Å². The van der Waals surface area contributed by atoms with Crippen LogP contribution in [0.1, 0.15) is 12.2 Å². The number of benzene rings is 1. The molecule has 0 atom stereocenters. The maximum atomic E-state index is 12.1. The molecular formula is C15H14N2O3S. The number of rotatable bonds is 5. The monoisotopic (exact) mass is 302 g/mol. The molecule has 2 heterocycles. The Balaban J connectivity index is 1.60. The lowest BCUT2D eigenvalue weighted by Crippen LogP contribution is -2.25. The molecule has 21 heavy (non-hydrogen) atoms. The van der Waals surface area contributed by atoms with E-state index in [0.717, 1.165) is 4.70 Å². The Hall–Kier alpha value is -2.34. The third-order valence-corrected chi connectivity index (χ3v) is 4.26. The van der Waals surface area contributed by atoms with Gasteiger partial charge in [-0.05, 0) is 24.3 Å². The van der Waals surface area contributed by atoms with Crippen molar-refractivity contribution in [2.75, 3.05) is 0 Å². The van der Waals surface area contributed by atoms with Crippen LogP contribution in [0, 0.1) is 0 Å². The van der Waals surface area contributed by atoms with Gasteiger partial charge in [-0.15, -0.1) is 0 Å². The first kappa shape index (κ1) is 13.6. The molecule has 1 amide bonds. The molecule has 0 aliphatic heterocycles. The molecule has 1 N–H and O–H groups in total. The van der Waals surface area contributed by atoms with E-state index in [1.165, 1.54) is 11.5 Å². The third kappa shape index (κ3) is 3.05. The molecule has 2 aromatic heterocycles. The number of nitrogens with one attached hydrogen (secondary N) is 1. The smallest absolute Gasteiger partial charge is 0.268 e. The third-order valence-electron chi connectivity index (χ3n) is 3.13. The van der Waals surface area contributed by atoms with Crippen molar-refractivity contribution in [3.63, 3.8) is 0 Å². The van der Waals surface area contributed by atoms with E-state index in [1.807, 2.05) is 24.3 Å². The van der Waals surface area contributed by atoms with Gasteiger partial charge in [0.1, 0.15) is 5.76 Å². The summed E-state index contributed by atoms with van der Waals surface area (Å²) in [6.45, 7) is 0.759. The molecule has 0 aliphatic carbocycles. The summed E-state index contributed by atoms with van der Waals surface area (Å²) in [6.07, 6.45) is 1.84. The minimum Gasteiger partial charge on any atom is -0.467 e. The second-order valence-corrected chi connectivity index (χ2v) is 5.66. The van der Waals surface area contributed by atoms with Crippen LogP contribution in [0.2, 0.25) is 0 Å². The minimum atomic E-state index is -0.101. The van der Waals surface area contributed by atoms with Crippen molar-refractivity contribution in [1.82, 2.24) is 9.27 Å². The lowest BCUT2D eigenvalue weighted by Gasteiger charge is -2.03. The van der Waals surface area contributed by atoms with Gasteiger partial charge in [0.25, 0.3) is 5.56 Å². The molecule has 1 aromatic carbocycles. The van der Waals surface area contributed by atoms with Crippen molar-refractivity contribution in [2.24, 2.45) is 0 Å². The number of nitrogens with zero attached hydrogens (tertiary/aromatic N) is 1. The summed E-state index contributed by atoms with van der Waals surface area (Å²) < 4.78 is 7.70. The topological polar surface area (TPSA) is 64.2 Å². The molecule has 0 saturated carbocycles. The Morgan fingerprint density at radius 2 is 2.10 bits per heavy atom. The van der Waals surface area contributed by atoms with Gasteiger partial charge < -0.3 is 9.73 Å². The molecule has 5 nitrogen and oxygen atoms in total. The van der Waals surface area contributed by atoms with Gasteiger partial charge in [-0.25, -0.2) is 0 Å². The van der Waals surface area contributed by atoms with E-state index in [4.69, 9.17) is 4.42 Å². The summed E-state index contributed by atoms with van der Waals surface area (Å²) in [5.41, 5.74) is -0.0329. The van der Waals surface area contributed by atoms with Crippen molar-refractivity contribution in [3.8, 4) is 0 Å². The van der Waals surface area contributed by atoms with Crippen molar-refractivity contribution in [1.29, 1.82) is 0 Å². The first-order chi connectivity index (χ1) is 10.2. The number of hydrogen-bond acceptors (Lipinski definition) is 4. The molecule has 0 radical (unpaired) electrons. The summed E-state index contributed by atoms with van der Waals surface area (Å²) in [7, 11) is 0. The Kier molecular flexibility index (Phi) is 3.87. The maximum absolute atomic E-state index is 12.1. The summed E-state index contributed by atoms with van der Waals surface area (Å²) in [5.74, 6) is 0.609. The Bertz CT molecular complexity index is 802. The SMILES string of the molecule is O=C(CCn1sc2ccccc2c1=O)NCc1ccco1. The lowest BCUT2D eigenvalue weighted by atomic mass is 10.3. The molecular weight excluding hydrogens is 288 g/mol. The van der Waals surface area contributed by atoms with Crippen LogP contribution in [-0.2, 0) is 17.9 Å². The second kappa shape index (κ2) is 5.97.